The molecule has 0 saturated heterocycles. The molecular weight excluding hydrogens is 368 g/mol. The summed E-state index contributed by atoms with van der Waals surface area (Å²) in [5.74, 6) is -0.841. The van der Waals surface area contributed by atoms with Gasteiger partial charge in [0.15, 0.2) is 0 Å². The number of carbonyl (C=O) groups excluding carboxylic acids is 3. The number of nitrogens with zero attached hydrogens (tertiary/aromatic N) is 1. The summed E-state index contributed by atoms with van der Waals surface area (Å²) < 4.78 is 0. The second kappa shape index (κ2) is 10.8. The van der Waals surface area contributed by atoms with Crippen molar-refractivity contribution in [3.8, 4) is 0 Å². The van der Waals surface area contributed by atoms with Crippen LogP contribution < -0.4 is 16.4 Å². The topological polar surface area (TPSA) is 105 Å². The minimum Gasteiger partial charge on any atom is -0.376 e. The molecule has 29 heavy (non-hydrogen) atoms. The van der Waals surface area contributed by atoms with Crippen LogP contribution in [0.4, 0.5) is 11.4 Å². The highest BCUT2D eigenvalue weighted by Gasteiger charge is 2.14. The van der Waals surface area contributed by atoms with Crippen molar-refractivity contribution in [1.82, 2.24) is 4.90 Å². The summed E-state index contributed by atoms with van der Waals surface area (Å²) in [6.07, 6.45) is 1.82. The second-order valence-electron chi connectivity index (χ2n) is 6.68. The van der Waals surface area contributed by atoms with Crippen molar-refractivity contribution >= 4 is 29.1 Å². The van der Waals surface area contributed by atoms with Gasteiger partial charge in [-0.3, -0.25) is 14.4 Å². The molecule has 0 heterocycles. The molecule has 0 fully saturated rings. The summed E-state index contributed by atoms with van der Waals surface area (Å²) in [7, 11) is 0. The summed E-state index contributed by atoms with van der Waals surface area (Å²) in [5, 5.41) is 5.68. The summed E-state index contributed by atoms with van der Waals surface area (Å²) in [6.45, 7) is 5.52. The molecule has 0 aromatic heterocycles. The van der Waals surface area contributed by atoms with Crippen molar-refractivity contribution in [1.29, 1.82) is 0 Å². The molecule has 7 nitrogen and oxygen atoms in total. The van der Waals surface area contributed by atoms with Gasteiger partial charge < -0.3 is 21.3 Å². The van der Waals surface area contributed by atoms with Crippen molar-refractivity contribution in [3.63, 3.8) is 0 Å². The van der Waals surface area contributed by atoms with Crippen LogP contribution in [0.3, 0.4) is 0 Å². The largest absolute Gasteiger partial charge is 0.376 e. The number of hydrogen-bond donors (Lipinski definition) is 3. The van der Waals surface area contributed by atoms with E-state index in [-0.39, 0.29) is 18.4 Å². The third-order valence-corrected chi connectivity index (χ3v) is 4.32. The molecule has 0 aliphatic rings. The number of primary amides is 1. The number of nitrogens with one attached hydrogen (secondary N) is 2. The monoisotopic (exact) mass is 396 g/mol. The minimum absolute atomic E-state index is 0.00342. The van der Waals surface area contributed by atoms with Crippen LogP contribution in [0.2, 0.25) is 0 Å². The first-order valence-corrected chi connectivity index (χ1v) is 9.78. The third kappa shape index (κ3) is 6.34. The lowest BCUT2D eigenvalue weighted by atomic mass is 10.1. The number of amides is 3. The van der Waals surface area contributed by atoms with Gasteiger partial charge in [-0.15, -0.1) is 0 Å². The highest BCUT2D eigenvalue weighted by atomic mass is 16.2. The fourth-order valence-electron chi connectivity index (χ4n) is 2.97. The van der Waals surface area contributed by atoms with Gasteiger partial charge in [-0.1, -0.05) is 26.0 Å². The van der Waals surface area contributed by atoms with Crippen LogP contribution in [0.1, 0.15) is 47.4 Å². The van der Waals surface area contributed by atoms with Gasteiger partial charge >= 0.3 is 0 Å². The first kappa shape index (κ1) is 21.9. The number of carbonyl (C=O) groups is 3. The molecule has 2 aromatic rings. The molecular formula is C22H28N4O3. The molecule has 154 valence electrons. The van der Waals surface area contributed by atoms with Gasteiger partial charge in [0.25, 0.3) is 11.8 Å². The van der Waals surface area contributed by atoms with E-state index in [0.29, 0.717) is 22.5 Å². The second-order valence-corrected chi connectivity index (χ2v) is 6.68. The molecule has 0 saturated carbocycles. The molecule has 2 aromatic carbocycles. The Morgan fingerprint density at radius 3 is 2.14 bits per heavy atom. The standard InChI is InChI=1S/C22H28N4O3/c1-3-13-26(14-4-2)22(29)16-9-11-17(12-10-16)25-20(27)15-24-19-8-6-5-7-18(19)21(23)28/h5-12,24H,3-4,13-15H2,1-2H3,(H2,23,28)(H,25,27). The first-order chi connectivity index (χ1) is 14.0. The highest BCUT2D eigenvalue weighted by Crippen LogP contribution is 2.15. The molecule has 0 aliphatic carbocycles. The van der Waals surface area contributed by atoms with Crippen LogP contribution >= 0.6 is 0 Å². The van der Waals surface area contributed by atoms with Crippen LogP contribution in [0.25, 0.3) is 0 Å². The van der Waals surface area contributed by atoms with E-state index in [9.17, 15) is 14.4 Å². The quantitative estimate of drug-likeness (QED) is 0.574. The van der Waals surface area contributed by atoms with Gasteiger partial charge in [0.2, 0.25) is 5.91 Å². The lowest BCUT2D eigenvalue weighted by Gasteiger charge is -2.21. The fourth-order valence-corrected chi connectivity index (χ4v) is 2.97. The molecule has 0 unspecified atom stereocenters. The number of rotatable bonds is 10. The SMILES string of the molecule is CCCN(CCC)C(=O)c1ccc(NC(=O)CNc2ccccc2C(N)=O)cc1. The van der Waals surface area contributed by atoms with Gasteiger partial charge in [0.1, 0.15) is 0 Å². The van der Waals surface area contributed by atoms with E-state index in [1.165, 1.54) is 0 Å². The van der Waals surface area contributed by atoms with Gasteiger partial charge in [-0.25, -0.2) is 0 Å². The maximum atomic E-state index is 12.6. The number of hydrogen-bond acceptors (Lipinski definition) is 4. The van der Waals surface area contributed by atoms with Crippen LogP contribution in [0.15, 0.2) is 48.5 Å². The predicted molar refractivity (Wildman–Crippen MR) is 115 cm³/mol. The minimum atomic E-state index is -0.561. The van der Waals surface area contributed by atoms with Crippen LogP contribution in [-0.2, 0) is 4.79 Å². The van der Waals surface area contributed by atoms with Crippen molar-refractivity contribution in [2.45, 2.75) is 26.7 Å². The molecule has 0 bridgehead atoms. The van der Waals surface area contributed by atoms with E-state index in [1.807, 2.05) is 18.7 Å². The van der Waals surface area contributed by atoms with Crippen molar-refractivity contribution < 1.29 is 14.4 Å². The number of para-hydroxylation sites is 1. The summed E-state index contributed by atoms with van der Waals surface area (Å²) in [5.41, 5.74) is 7.35. The van der Waals surface area contributed by atoms with Gasteiger partial charge in [-0.2, -0.15) is 0 Å². The number of anilines is 2. The first-order valence-electron chi connectivity index (χ1n) is 9.78. The average Bonchev–Trinajstić information content (AvgIpc) is 2.72. The number of benzene rings is 2. The van der Waals surface area contributed by atoms with E-state index in [0.717, 1.165) is 25.9 Å². The summed E-state index contributed by atoms with van der Waals surface area (Å²) in [6, 6.07) is 13.6. The Labute approximate surface area is 171 Å². The Morgan fingerprint density at radius 2 is 1.55 bits per heavy atom. The Balaban J connectivity index is 1.95. The molecule has 0 atom stereocenters. The van der Waals surface area contributed by atoms with E-state index < -0.39 is 5.91 Å². The van der Waals surface area contributed by atoms with Crippen molar-refractivity contribution in [2.75, 3.05) is 30.3 Å². The van der Waals surface area contributed by atoms with Crippen molar-refractivity contribution in [3.05, 3.63) is 59.7 Å². The zero-order chi connectivity index (χ0) is 21.2. The third-order valence-electron chi connectivity index (χ3n) is 4.32. The molecule has 4 N–H and O–H groups in total. The van der Waals surface area contributed by atoms with Gasteiger partial charge in [0, 0.05) is 30.0 Å². The van der Waals surface area contributed by atoms with Gasteiger partial charge in [-0.05, 0) is 49.2 Å². The Hall–Kier alpha value is -3.35. The Morgan fingerprint density at radius 1 is 0.931 bits per heavy atom. The summed E-state index contributed by atoms with van der Waals surface area (Å²) in [4.78, 5) is 38.1. The number of nitrogens with two attached hydrogens (primary N) is 1. The van der Waals surface area contributed by atoms with Crippen LogP contribution in [-0.4, -0.2) is 42.3 Å². The zero-order valence-electron chi connectivity index (χ0n) is 16.9. The molecule has 0 spiro atoms. The molecule has 0 radical (unpaired) electrons. The van der Waals surface area contributed by atoms with Gasteiger partial charge in [0.05, 0.1) is 12.1 Å². The van der Waals surface area contributed by atoms with E-state index in [2.05, 4.69) is 10.6 Å². The van der Waals surface area contributed by atoms with Crippen molar-refractivity contribution in [2.24, 2.45) is 5.73 Å². The average molecular weight is 396 g/mol. The molecule has 0 aliphatic heterocycles. The van der Waals surface area contributed by atoms with E-state index >= 15 is 0 Å². The lowest BCUT2D eigenvalue weighted by Crippen LogP contribution is -2.32. The molecule has 7 heteroatoms. The maximum Gasteiger partial charge on any atom is 0.253 e. The summed E-state index contributed by atoms with van der Waals surface area (Å²) >= 11 is 0. The maximum absolute atomic E-state index is 12.6. The highest BCUT2D eigenvalue weighted by molar-refractivity contribution is 6.00. The smallest absolute Gasteiger partial charge is 0.253 e. The van der Waals surface area contributed by atoms with E-state index in [1.54, 1.807) is 48.5 Å². The Bertz CT molecular complexity index is 843. The molecule has 3 amide bonds. The van der Waals surface area contributed by atoms with Crippen LogP contribution in [0.5, 0.6) is 0 Å². The fraction of sp³-hybridized carbons (Fsp3) is 0.318. The van der Waals surface area contributed by atoms with Crippen LogP contribution in [0, 0.1) is 0 Å². The lowest BCUT2D eigenvalue weighted by molar-refractivity contribution is -0.114. The predicted octanol–water partition coefficient (Wildman–Crippen LogP) is 3.10. The van der Waals surface area contributed by atoms with E-state index in [4.69, 9.17) is 5.73 Å². The Kier molecular flexibility index (Phi) is 8.21. The molecule has 2 rings (SSSR count). The zero-order valence-corrected chi connectivity index (χ0v) is 16.9. The normalized spacial score (nSPS) is 10.3.